The van der Waals surface area contributed by atoms with E-state index < -0.39 is 0 Å². The first-order chi connectivity index (χ1) is 32.7. The number of nitrogens with zero attached hydrogens (tertiary/aromatic N) is 4. The Bertz CT molecular complexity index is 3430. The van der Waals surface area contributed by atoms with Crippen molar-refractivity contribution in [3.63, 3.8) is 0 Å². The van der Waals surface area contributed by atoms with Gasteiger partial charge in [-0.05, 0) is 97.6 Å². The molecule has 0 N–H and O–H groups in total. The van der Waals surface area contributed by atoms with Gasteiger partial charge < -0.3 is 4.90 Å². The van der Waals surface area contributed by atoms with Crippen LogP contribution in [0.25, 0.3) is 78.7 Å². The summed E-state index contributed by atoms with van der Waals surface area (Å²) >= 11 is 0. The maximum atomic E-state index is 4.98. The molecule has 0 saturated heterocycles. The molecule has 9 aromatic carbocycles. The van der Waals surface area contributed by atoms with Crippen molar-refractivity contribution in [1.29, 1.82) is 0 Å². The summed E-state index contributed by atoms with van der Waals surface area (Å²) < 4.78 is 0. The second kappa shape index (κ2) is 15.7. The highest BCUT2D eigenvalue weighted by Gasteiger charge is 2.39. The summed E-state index contributed by atoms with van der Waals surface area (Å²) in [6.45, 7) is 9.47. The van der Waals surface area contributed by atoms with Gasteiger partial charge in [0.15, 0.2) is 17.5 Å². The van der Waals surface area contributed by atoms with Crippen LogP contribution in [-0.4, -0.2) is 15.0 Å². The lowest BCUT2D eigenvalue weighted by atomic mass is 9.81. The van der Waals surface area contributed by atoms with Crippen molar-refractivity contribution in [2.75, 3.05) is 4.90 Å². The average Bonchev–Trinajstić information content (AvgIpc) is 3.76. The lowest BCUT2D eigenvalue weighted by Crippen LogP contribution is -2.17. The van der Waals surface area contributed by atoms with Crippen LogP contribution in [-0.2, 0) is 10.8 Å². The molecule has 1 aromatic heterocycles. The van der Waals surface area contributed by atoms with E-state index in [4.69, 9.17) is 15.0 Å². The molecule has 0 atom stereocenters. The van der Waals surface area contributed by atoms with Crippen molar-refractivity contribution in [1.82, 2.24) is 15.0 Å². The van der Waals surface area contributed by atoms with Crippen molar-refractivity contribution in [3.8, 4) is 78.7 Å². The molecule has 0 aliphatic heterocycles. The second-order valence-corrected chi connectivity index (χ2v) is 18.8. The summed E-state index contributed by atoms with van der Waals surface area (Å²) in [7, 11) is 0. The van der Waals surface area contributed by atoms with Crippen molar-refractivity contribution >= 4 is 17.1 Å². The van der Waals surface area contributed by atoms with Crippen LogP contribution in [0.15, 0.2) is 218 Å². The molecule has 0 radical (unpaired) electrons. The summed E-state index contributed by atoms with van der Waals surface area (Å²) in [5.41, 5.74) is 21.2. The summed E-state index contributed by atoms with van der Waals surface area (Å²) in [5, 5.41) is 0. The van der Waals surface area contributed by atoms with Gasteiger partial charge in [0, 0.05) is 44.5 Å². The Morgan fingerprint density at radius 2 is 0.716 bits per heavy atom. The molecule has 12 rings (SSSR count). The Morgan fingerprint density at radius 3 is 1.36 bits per heavy atom. The molecule has 10 aromatic rings. The molecule has 67 heavy (non-hydrogen) atoms. The van der Waals surface area contributed by atoms with E-state index in [9.17, 15) is 0 Å². The number of hydrogen-bond acceptors (Lipinski definition) is 4. The molecule has 2 aliphatic carbocycles. The molecule has 0 bridgehead atoms. The van der Waals surface area contributed by atoms with E-state index in [0.717, 1.165) is 33.6 Å². The van der Waals surface area contributed by atoms with Crippen LogP contribution >= 0.6 is 0 Å². The molecule has 0 fully saturated rings. The van der Waals surface area contributed by atoms with Crippen molar-refractivity contribution in [3.05, 3.63) is 241 Å². The Kier molecular flexibility index (Phi) is 9.47. The average molecular weight is 861 g/mol. The Labute approximate surface area is 393 Å². The molecule has 320 valence electrons. The van der Waals surface area contributed by atoms with E-state index in [1.54, 1.807) is 0 Å². The van der Waals surface area contributed by atoms with Gasteiger partial charge in [-0.1, -0.05) is 210 Å². The maximum absolute atomic E-state index is 4.98. The molecule has 4 nitrogen and oxygen atoms in total. The summed E-state index contributed by atoms with van der Waals surface area (Å²) in [6, 6.07) is 78.5. The Balaban J connectivity index is 0.945. The molecular formula is C63H48N4. The fourth-order valence-corrected chi connectivity index (χ4v) is 10.6. The molecular weight excluding hydrogens is 813 g/mol. The summed E-state index contributed by atoms with van der Waals surface area (Å²) in [4.78, 5) is 17.3. The highest BCUT2D eigenvalue weighted by molar-refractivity contribution is 5.97. The first kappa shape index (κ1) is 40.3. The van der Waals surface area contributed by atoms with Gasteiger partial charge in [0.2, 0.25) is 0 Å². The van der Waals surface area contributed by atoms with Crippen LogP contribution in [0.2, 0.25) is 0 Å². The third kappa shape index (κ3) is 6.79. The van der Waals surface area contributed by atoms with E-state index in [2.05, 4.69) is 190 Å². The number of rotatable bonds is 8. The lowest BCUT2D eigenvalue weighted by molar-refractivity contribution is 0.660. The van der Waals surface area contributed by atoms with Gasteiger partial charge in [-0.3, -0.25) is 0 Å². The van der Waals surface area contributed by atoms with Crippen LogP contribution in [0.4, 0.5) is 17.1 Å². The van der Waals surface area contributed by atoms with Crippen LogP contribution in [0, 0.1) is 0 Å². The molecule has 1 heterocycles. The normalized spacial score (nSPS) is 13.6. The predicted octanol–water partition coefficient (Wildman–Crippen LogP) is 16.3. The maximum Gasteiger partial charge on any atom is 0.164 e. The van der Waals surface area contributed by atoms with Gasteiger partial charge in [0.1, 0.15) is 0 Å². The van der Waals surface area contributed by atoms with Gasteiger partial charge in [-0.25, -0.2) is 15.0 Å². The van der Waals surface area contributed by atoms with Gasteiger partial charge in [-0.15, -0.1) is 0 Å². The fraction of sp³-hybridized carbons (Fsp3) is 0.0952. The number of fused-ring (bicyclic) bond motifs is 6. The van der Waals surface area contributed by atoms with E-state index >= 15 is 0 Å². The minimum atomic E-state index is -0.242. The van der Waals surface area contributed by atoms with Crippen LogP contribution in [0.3, 0.4) is 0 Å². The van der Waals surface area contributed by atoms with E-state index in [1.807, 2.05) is 60.7 Å². The highest BCUT2D eigenvalue weighted by atomic mass is 15.1. The SMILES string of the molecule is CC1(C)c2ccccc2-c2ccc(N(c3ccc(-c4ccccc4)cc3)c3cccc4c3-c3ccc(-c5ccc(-c6nc(-c7ccccc7)nc(-c7ccccc7)n6)cc5)cc3C4(C)C)cc21. The smallest absolute Gasteiger partial charge is 0.164 e. The highest BCUT2D eigenvalue weighted by Crippen LogP contribution is 2.56. The van der Waals surface area contributed by atoms with E-state index in [1.165, 1.54) is 66.9 Å². The first-order valence-corrected chi connectivity index (χ1v) is 23.2. The minimum Gasteiger partial charge on any atom is -0.310 e. The number of hydrogen-bond donors (Lipinski definition) is 0. The number of benzene rings is 9. The predicted molar refractivity (Wildman–Crippen MR) is 277 cm³/mol. The Hall–Kier alpha value is -8.21. The quantitative estimate of drug-likeness (QED) is 0.153. The third-order valence-electron chi connectivity index (χ3n) is 14.2. The zero-order valence-corrected chi connectivity index (χ0v) is 38.1. The molecule has 0 unspecified atom stereocenters. The van der Waals surface area contributed by atoms with Crippen molar-refractivity contribution in [2.45, 2.75) is 38.5 Å². The Morgan fingerprint density at radius 1 is 0.299 bits per heavy atom. The third-order valence-corrected chi connectivity index (χ3v) is 14.2. The van der Waals surface area contributed by atoms with Gasteiger partial charge in [0.25, 0.3) is 0 Å². The van der Waals surface area contributed by atoms with Crippen molar-refractivity contribution in [2.24, 2.45) is 0 Å². The number of aromatic nitrogens is 3. The van der Waals surface area contributed by atoms with Gasteiger partial charge in [-0.2, -0.15) is 0 Å². The molecule has 0 spiro atoms. The zero-order chi connectivity index (χ0) is 45.3. The molecule has 0 amide bonds. The summed E-state index contributed by atoms with van der Waals surface area (Å²) in [6.07, 6.45) is 0. The van der Waals surface area contributed by atoms with E-state index in [0.29, 0.717) is 17.5 Å². The van der Waals surface area contributed by atoms with Crippen molar-refractivity contribution < 1.29 is 0 Å². The van der Waals surface area contributed by atoms with Crippen LogP contribution in [0.5, 0.6) is 0 Å². The van der Waals surface area contributed by atoms with E-state index in [-0.39, 0.29) is 10.8 Å². The van der Waals surface area contributed by atoms with Crippen LogP contribution in [0.1, 0.15) is 49.9 Å². The summed E-state index contributed by atoms with van der Waals surface area (Å²) in [5.74, 6) is 1.95. The van der Waals surface area contributed by atoms with Gasteiger partial charge >= 0.3 is 0 Å². The zero-order valence-electron chi connectivity index (χ0n) is 38.1. The van der Waals surface area contributed by atoms with Crippen LogP contribution < -0.4 is 4.90 Å². The standard InChI is InChI=1S/C63H48N4/c1-62(2)53-24-15-14-23-50(53)51-38-36-49(40-56(51)62)67(48-34-31-42(32-35-48)41-17-8-5-9-18-41)57-26-16-25-54-58(57)52-37-33-47(39-55(52)63(54,3)4)43-27-29-46(30-28-43)61-65-59(44-19-10-6-11-20-44)64-60(66-61)45-21-12-7-13-22-45/h5-40H,1-4H3. The molecule has 0 saturated carbocycles. The topological polar surface area (TPSA) is 41.9 Å². The molecule has 4 heteroatoms. The number of anilines is 3. The lowest BCUT2D eigenvalue weighted by Gasteiger charge is -2.30. The van der Waals surface area contributed by atoms with Gasteiger partial charge in [0.05, 0.1) is 5.69 Å². The second-order valence-electron chi connectivity index (χ2n) is 18.8. The monoisotopic (exact) mass is 860 g/mol. The minimum absolute atomic E-state index is 0.131. The fourth-order valence-electron chi connectivity index (χ4n) is 10.6. The largest absolute Gasteiger partial charge is 0.310 e. The first-order valence-electron chi connectivity index (χ1n) is 23.2. The molecule has 2 aliphatic rings.